The van der Waals surface area contributed by atoms with Crippen LogP contribution in [0.25, 0.3) is 0 Å². The van der Waals surface area contributed by atoms with Gasteiger partial charge in [-0.2, -0.15) is 4.72 Å². The monoisotopic (exact) mass is 326 g/mol. The van der Waals surface area contributed by atoms with Crippen LogP contribution in [0.1, 0.15) is 41.7 Å². The molecular formula is C16H26N2O3S. The average molecular weight is 326 g/mol. The first kappa shape index (κ1) is 18.6. The summed E-state index contributed by atoms with van der Waals surface area (Å²) in [7, 11) is -3.76. The Bertz CT molecular complexity index is 665. The molecule has 0 radical (unpaired) electrons. The highest BCUT2D eigenvalue weighted by molar-refractivity contribution is 7.89. The highest BCUT2D eigenvalue weighted by Gasteiger charge is 2.27. The number of nitrogens with one attached hydrogen (secondary N) is 2. The Morgan fingerprint density at radius 3 is 1.77 bits per heavy atom. The number of carbonyl (C=O) groups excluding carboxylic acids is 1. The largest absolute Gasteiger partial charge is 0.355 e. The molecule has 6 heteroatoms. The summed E-state index contributed by atoms with van der Waals surface area (Å²) < 4.78 is 27.9. The van der Waals surface area contributed by atoms with Crippen LogP contribution in [0.4, 0.5) is 0 Å². The smallest absolute Gasteiger partial charge is 0.241 e. The minimum Gasteiger partial charge on any atom is -0.355 e. The molecular weight excluding hydrogens is 300 g/mol. The molecule has 5 nitrogen and oxygen atoms in total. The SMILES string of the molecule is CCNC(=O)[C@@H](C)NS(=O)(=O)c1c(C)c(C)c(C)c(C)c1C. The van der Waals surface area contributed by atoms with Crippen LogP contribution < -0.4 is 10.0 Å². The fourth-order valence-electron chi connectivity index (χ4n) is 2.54. The van der Waals surface area contributed by atoms with E-state index < -0.39 is 16.1 Å². The van der Waals surface area contributed by atoms with Gasteiger partial charge < -0.3 is 5.32 Å². The van der Waals surface area contributed by atoms with Gasteiger partial charge in [0.2, 0.25) is 15.9 Å². The molecule has 0 heterocycles. The van der Waals surface area contributed by atoms with Crippen LogP contribution in [-0.2, 0) is 14.8 Å². The van der Waals surface area contributed by atoms with E-state index in [2.05, 4.69) is 10.0 Å². The Morgan fingerprint density at radius 1 is 0.955 bits per heavy atom. The van der Waals surface area contributed by atoms with Crippen LogP contribution in [0.15, 0.2) is 4.90 Å². The molecule has 0 bridgehead atoms. The first-order valence-electron chi connectivity index (χ1n) is 7.41. The normalized spacial score (nSPS) is 13.0. The first-order chi connectivity index (χ1) is 10.0. The third-order valence-electron chi connectivity index (χ3n) is 4.28. The van der Waals surface area contributed by atoms with E-state index >= 15 is 0 Å². The maximum absolute atomic E-state index is 12.7. The molecule has 0 saturated carbocycles. The second-order valence-electron chi connectivity index (χ2n) is 5.69. The van der Waals surface area contributed by atoms with Crippen molar-refractivity contribution in [1.82, 2.24) is 10.0 Å². The molecule has 1 aromatic rings. The number of benzene rings is 1. The summed E-state index contributed by atoms with van der Waals surface area (Å²) in [6.45, 7) is 13.2. The summed E-state index contributed by atoms with van der Waals surface area (Å²) in [6.07, 6.45) is 0. The minimum absolute atomic E-state index is 0.282. The Labute approximate surface area is 133 Å². The van der Waals surface area contributed by atoms with Crippen molar-refractivity contribution < 1.29 is 13.2 Å². The van der Waals surface area contributed by atoms with Gasteiger partial charge in [-0.25, -0.2) is 8.42 Å². The van der Waals surface area contributed by atoms with Crippen molar-refractivity contribution in [3.05, 3.63) is 27.8 Å². The van der Waals surface area contributed by atoms with E-state index in [9.17, 15) is 13.2 Å². The molecule has 22 heavy (non-hydrogen) atoms. The van der Waals surface area contributed by atoms with Gasteiger partial charge in [0.1, 0.15) is 0 Å². The summed E-state index contributed by atoms with van der Waals surface area (Å²) in [6, 6.07) is -0.814. The Kier molecular flexibility index (Phi) is 5.76. The second kappa shape index (κ2) is 6.79. The number of carbonyl (C=O) groups is 1. The van der Waals surface area contributed by atoms with Crippen LogP contribution in [0, 0.1) is 34.6 Å². The molecule has 0 saturated heterocycles. The lowest BCUT2D eigenvalue weighted by atomic mass is 9.95. The third-order valence-corrected chi connectivity index (χ3v) is 6.09. The topological polar surface area (TPSA) is 75.3 Å². The Morgan fingerprint density at radius 2 is 1.36 bits per heavy atom. The number of amides is 1. The first-order valence-corrected chi connectivity index (χ1v) is 8.89. The summed E-state index contributed by atoms with van der Waals surface area (Å²) in [5, 5.41) is 2.61. The molecule has 1 amide bonds. The van der Waals surface area contributed by atoms with Gasteiger partial charge in [0.25, 0.3) is 0 Å². The molecule has 0 aliphatic rings. The van der Waals surface area contributed by atoms with E-state index in [-0.39, 0.29) is 10.8 Å². The van der Waals surface area contributed by atoms with E-state index in [0.29, 0.717) is 6.54 Å². The minimum atomic E-state index is -3.76. The van der Waals surface area contributed by atoms with Crippen molar-refractivity contribution in [1.29, 1.82) is 0 Å². The van der Waals surface area contributed by atoms with Crippen LogP contribution in [0.3, 0.4) is 0 Å². The lowest BCUT2D eigenvalue weighted by Crippen LogP contribution is -2.45. The quantitative estimate of drug-likeness (QED) is 0.869. The Balaban J connectivity index is 3.33. The number of hydrogen-bond acceptors (Lipinski definition) is 3. The second-order valence-corrected chi connectivity index (χ2v) is 7.34. The molecule has 0 aliphatic carbocycles. The fourth-order valence-corrected chi connectivity index (χ4v) is 4.34. The predicted molar refractivity (Wildman–Crippen MR) is 88.6 cm³/mol. The molecule has 124 valence electrons. The molecule has 2 N–H and O–H groups in total. The van der Waals surface area contributed by atoms with Crippen LogP contribution >= 0.6 is 0 Å². The molecule has 1 aromatic carbocycles. The van der Waals surface area contributed by atoms with Gasteiger partial charge in [0, 0.05) is 6.54 Å². The lowest BCUT2D eigenvalue weighted by molar-refractivity contribution is -0.122. The molecule has 0 aliphatic heterocycles. The third kappa shape index (κ3) is 3.50. The zero-order valence-corrected chi connectivity index (χ0v) is 15.2. The zero-order chi connectivity index (χ0) is 17.2. The van der Waals surface area contributed by atoms with E-state index in [0.717, 1.165) is 27.8 Å². The lowest BCUT2D eigenvalue weighted by Gasteiger charge is -2.20. The summed E-state index contributed by atoms with van der Waals surface area (Å²) in [5.74, 6) is -0.332. The van der Waals surface area contributed by atoms with Gasteiger partial charge in [0.15, 0.2) is 0 Å². The average Bonchev–Trinajstić information content (AvgIpc) is 2.42. The van der Waals surface area contributed by atoms with Crippen molar-refractivity contribution >= 4 is 15.9 Å². The Hall–Kier alpha value is -1.40. The van der Waals surface area contributed by atoms with Crippen LogP contribution in [0.5, 0.6) is 0 Å². The zero-order valence-electron chi connectivity index (χ0n) is 14.4. The van der Waals surface area contributed by atoms with E-state index in [1.54, 1.807) is 27.7 Å². The number of sulfonamides is 1. The molecule has 0 unspecified atom stereocenters. The maximum Gasteiger partial charge on any atom is 0.241 e. The standard InChI is InChI=1S/C16H26N2O3S/c1-8-17-16(19)14(7)18-22(20,21)15-12(5)10(3)9(2)11(4)13(15)6/h14,18H,8H2,1-7H3,(H,17,19)/t14-/m1/s1. The summed E-state index contributed by atoms with van der Waals surface area (Å²) in [4.78, 5) is 12.1. The number of rotatable bonds is 5. The van der Waals surface area contributed by atoms with Crippen molar-refractivity contribution in [3.8, 4) is 0 Å². The summed E-state index contributed by atoms with van der Waals surface area (Å²) in [5.41, 5.74) is 4.50. The summed E-state index contributed by atoms with van der Waals surface area (Å²) >= 11 is 0. The maximum atomic E-state index is 12.7. The van der Waals surface area contributed by atoms with Crippen molar-refractivity contribution in [2.24, 2.45) is 0 Å². The van der Waals surface area contributed by atoms with Gasteiger partial charge >= 0.3 is 0 Å². The van der Waals surface area contributed by atoms with Gasteiger partial charge in [-0.1, -0.05) is 0 Å². The van der Waals surface area contributed by atoms with Crippen LogP contribution in [-0.4, -0.2) is 26.9 Å². The van der Waals surface area contributed by atoms with Crippen molar-refractivity contribution in [2.45, 2.75) is 59.4 Å². The molecule has 0 spiro atoms. The van der Waals surface area contributed by atoms with Crippen molar-refractivity contribution in [3.63, 3.8) is 0 Å². The van der Waals surface area contributed by atoms with Gasteiger partial charge in [-0.05, 0) is 76.3 Å². The predicted octanol–water partition coefficient (Wildman–Crippen LogP) is 2.03. The molecule has 1 atom stereocenters. The van der Waals surface area contributed by atoms with E-state index in [4.69, 9.17) is 0 Å². The fraction of sp³-hybridized carbons (Fsp3) is 0.562. The number of likely N-dealkylation sites (N-methyl/N-ethyl adjacent to an activating group) is 1. The molecule has 0 fully saturated rings. The van der Waals surface area contributed by atoms with Crippen molar-refractivity contribution in [2.75, 3.05) is 6.54 Å². The van der Waals surface area contributed by atoms with E-state index in [1.165, 1.54) is 0 Å². The van der Waals surface area contributed by atoms with Gasteiger partial charge in [0.05, 0.1) is 10.9 Å². The molecule has 0 aromatic heterocycles. The molecule has 1 rings (SSSR count). The highest BCUT2D eigenvalue weighted by atomic mass is 32.2. The van der Waals surface area contributed by atoms with Gasteiger partial charge in [-0.15, -0.1) is 0 Å². The number of hydrogen-bond donors (Lipinski definition) is 2. The van der Waals surface area contributed by atoms with Crippen LogP contribution in [0.2, 0.25) is 0 Å². The van der Waals surface area contributed by atoms with Gasteiger partial charge in [-0.3, -0.25) is 4.79 Å². The van der Waals surface area contributed by atoms with E-state index in [1.807, 2.05) is 20.8 Å². The highest BCUT2D eigenvalue weighted by Crippen LogP contribution is 2.29.